The van der Waals surface area contributed by atoms with E-state index in [-0.39, 0.29) is 23.9 Å². The molecule has 1 aromatic rings. The number of H-pyrrole nitrogens is 3. The van der Waals surface area contributed by atoms with Crippen molar-refractivity contribution in [2.75, 3.05) is 0 Å². The summed E-state index contributed by atoms with van der Waals surface area (Å²) in [5.41, 5.74) is 0. The van der Waals surface area contributed by atoms with Crippen LogP contribution in [0.1, 0.15) is 0 Å². The first-order valence-corrected chi connectivity index (χ1v) is 3.34. The zero-order valence-corrected chi connectivity index (χ0v) is 10.0. The summed E-state index contributed by atoms with van der Waals surface area (Å²) in [6, 6.07) is 0. The summed E-state index contributed by atoms with van der Waals surface area (Å²) in [5.74, 6) is 0. The van der Waals surface area contributed by atoms with E-state index in [1.807, 2.05) is 0 Å². The van der Waals surface area contributed by atoms with E-state index in [1.54, 1.807) is 0 Å². The number of hydrogen-bond donors (Lipinski definition) is 3. The van der Waals surface area contributed by atoms with Gasteiger partial charge in [-0.15, -0.1) is 0 Å². The van der Waals surface area contributed by atoms with E-state index in [2.05, 4.69) is 15.4 Å². The normalized spacial score (nSPS) is 8.40. The summed E-state index contributed by atoms with van der Waals surface area (Å²) >= 11 is 14.3. The predicted octanol–water partition coefficient (Wildman–Crippen LogP) is 1.48. The third-order valence-electron chi connectivity index (χ3n) is 0.765. The molecule has 0 aliphatic rings. The molecule has 0 aliphatic carbocycles. The second-order valence-electron chi connectivity index (χ2n) is 1.36. The Balaban J connectivity index is 0.000000810. The molecule has 0 bridgehead atoms. The van der Waals surface area contributed by atoms with Crippen LogP contribution >= 0.6 is 36.7 Å². The van der Waals surface area contributed by atoms with E-state index in [0.717, 1.165) is 0 Å². The topological polar surface area (TPSA) is 47.4 Å². The fourth-order valence-corrected chi connectivity index (χ4v) is 0.834. The van der Waals surface area contributed by atoms with Crippen LogP contribution in [0.15, 0.2) is 0 Å². The first-order valence-electron chi connectivity index (χ1n) is 2.11. The molecule has 3 nitrogen and oxygen atoms in total. The van der Waals surface area contributed by atoms with Crippen LogP contribution in [0.2, 0.25) is 0 Å². The molecule has 0 amide bonds. The third kappa shape index (κ3) is 2.26. The Labute approximate surface area is 89.2 Å². The molecule has 1 heterocycles. The minimum atomic E-state index is 0. The van der Waals surface area contributed by atoms with Gasteiger partial charge in [0.05, 0.1) is 0 Å². The van der Waals surface area contributed by atoms with Gasteiger partial charge in [-0.2, -0.15) is 0 Å². The maximum Gasteiger partial charge on any atom is 0.140 e. The van der Waals surface area contributed by atoms with Crippen molar-refractivity contribution in [2.24, 2.45) is 0 Å². The molecule has 7 heteroatoms. The third-order valence-corrected chi connectivity index (χ3v) is 2.04. The first kappa shape index (κ1) is 10.5. The summed E-state index contributed by atoms with van der Waals surface area (Å²) in [4.78, 5) is 0. The molecule has 0 aromatic carbocycles. The molecule has 1 aromatic heterocycles. The van der Waals surface area contributed by atoms with Crippen molar-refractivity contribution in [3.05, 3.63) is 13.8 Å². The molecule has 0 unspecified atom stereocenters. The summed E-state index contributed by atoms with van der Waals surface area (Å²) in [7, 11) is 0. The Hall–Kier alpha value is 0.469. The van der Waals surface area contributed by atoms with E-state index in [9.17, 15) is 0 Å². The van der Waals surface area contributed by atoms with Crippen molar-refractivity contribution < 1.29 is 0 Å². The Kier molecular flexibility index (Phi) is 4.57. The van der Waals surface area contributed by atoms with Gasteiger partial charge < -0.3 is 0 Å². The van der Waals surface area contributed by atoms with Gasteiger partial charge in [0.25, 0.3) is 0 Å². The van der Waals surface area contributed by atoms with E-state index in [0.29, 0.717) is 13.8 Å². The molecule has 52 valence electrons. The number of hydrogen-bond acceptors (Lipinski definition) is 3. The van der Waals surface area contributed by atoms with Crippen LogP contribution in [0.25, 0.3) is 0 Å². The quantitative estimate of drug-likeness (QED) is 0.502. The average molecular weight is 296 g/mol. The Morgan fingerprint density at radius 1 is 0.900 bits per heavy atom. The summed E-state index contributed by atoms with van der Waals surface area (Å²) in [6.07, 6.45) is 0. The van der Waals surface area contributed by atoms with Crippen LogP contribution < -0.4 is 0 Å². The van der Waals surface area contributed by atoms with Crippen molar-refractivity contribution >= 4 is 60.6 Å². The second kappa shape index (κ2) is 4.37. The zero-order valence-electron chi connectivity index (χ0n) is 4.72. The first-order chi connectivity index (χ1) is 4.22. The van der Waals surface area contributed by atoms with Crippen LogP contribution in [-0.2, 0) is 0 Å². The maximum absolute atomic E-state index is 4.80. The van der Waals surface area contributed by atoms with Crippen molar-refractivity contribution in [3.8, 4) is 0 Å². The minimum Gasteiger partial charge on any atom is -0.275 e. The van der Waals surface area contributed by atoms with E-state index < -0.39 is 0 Å². The van der Waals surface area contributed by atoms with Gasteiger partial charge in [-0.3, -0.25) is 10.2 Å². The minimum absolute atomic E-state index is 0. The van der Waals surface area contributed by atoms with Crippen LogP contribution in [0.3, 0.4) is 0 Å². The van der Waals surface area contributed by atoms with Crippen LogP contribution in [-0.4, -0.2) is 39.3 Å². The zero-order chi connectivity index (χ0) is 6.85. The van der Waals surface area contributed by atoms with E-state index in [4.69, 9.17) is 36.7 Å². The van der Waals surface area contributed by atoms with Crippen molar-refractivity contribution in [1.82, 2.24) is 15.4 Å². The SMILES string of the molecule is S=c1[nH][nH][nH]c(=S)c1=S.[Sn]. The van der Waals surface area contributed by atoms with Gasteiger partial charge in [0, 0.05) is 23.9 Å². The van der Waals surface area contributed by atoms with Gasteiger partial charge in [-0.25, -0.2) is 5.21 Å². The fraction of sp³-hybridized carbons (Fsp3) is 0. The molecule has 0 spiro atoms. The maximum atomic E-state index is 4.80. The molecular formula is C3H3N3S3Sn. The molecule has 4 radical (unpaired) electrons. The summed E-state index contributed by atoms with van der Waals surface area (Å²) in [5, 5.41) is 7.75. The Morgan fingerprint density at radius 3 is 1.60 bits per heavy atom. The van der Waals surface area contributed by atoms with E-state index >= 15 is 0 Å². The molecule has 0 saturated heterocycles. The molecule has 0 aliphatic heterocycles. The Morgan fingerprint density at radius 2 is 1.30 bits per heavy atom. The number of nitrogens with one attached hydrogen (secondary N) is 3. The molecule has 1 rings (SSSR count). The molecule has 0 saturated carbocycles. The molecule has 0 atom stereocenters. The smallest absolute Gasteiger partial charge is 0.140 e. The largest absolute Gasteiger partial charge is 0.275 e. The van der Waals surface area contributed by atoms with Gasteiger partial charge >= 0.3 is 0 Å². The van der Waals surface area contributed by atoms with Crippen LogP contribution in [0.4, 0.5) is 0 Å². The second-order valence-corrected chi connectivity index (χ2v) is 2.59. The molecule has 10 heavy (non-hydrogen) atoms. The monoisotopic (exact) mass is 297 g/mol. The standard InChI is InChI=1S/C3H3N3S3.Sn/c7-1-2(8)4-6-5-3(1)9;/h(H,6,7)(H2,4,5,8,9);. The average Bonchev–Trinajstić information content (AvgIpc) is 1.83. The molecule has 0 fully saturated rings. The predicted molar refractivity (Wildman–Crippen MR) is 47.8 cm³/mol. The number of aromatic nitrogens is 3. The van der Waals surface area contributed by atoms with Crippen LogP contribution in [0.5, 0.6) is 0 Å². The molecular weight excluding hydrogens is 293 g/mol. The summed E-state index contributed by atoms with van der Waals surface area (Å²) in [6.45, 7) is 0. The Bertz CT molecular complexity index is 329. The number of aromatic amines is 3. The fourth-order valence-electron chi connectivity index (χ4n) is 0.361. The van der Waals surface area contributed by atoms with Gasteiger partial charge in [-0.05, 0) is 0 Å². The van der Waals surface area contributed by atoms with Crippen molar-refractivity contribution in [1.29, 1.82) is 0 Å². The van der Waals surface area contributed by atoms with Gasteiger partial charge in [-0.1, -0.05) is 36.7 Å². The number of rotatable bonds is 0. The summed E-state index contributed by atoms with van der Waals surface area (Å²) < 4.78 is 1.42. The van der Waals surface area contributed by atoms with Crippen LogP contribution in [0, 0.1) is 13.8 Å². The van der Waals surface area contributed by atoms with Gasteiger partial charge in [0.1, 0.15) is 13.8 Å². The van der Waals surface area contributed by atoms with Crippen molar-refractivity contribution in [2.45, 2.75) is 0 Å². The van der Waals surface area contributed by atoms with Crippen molar-refractivity contribution in [3.63, 3.8) is 0 Å². The van der Waals surface area contributed by atoms with E-state index in [1.165, 1.54) is 0 Å². The molecule has 3 N–H and O–H groups in total. The van der Waals surface area contributed by atoms with Gasteiger partial charge in [0.15, 0.2) is 0 Å². The van der Waals surface area contributed by atoms with Gasteiger partial charge in [0.2, 0.25) is 0 Å².